The Kier molecular flexibility index (Phi) is 5.42. The van der Waals surface area contributed by atoms with Gasteiger partial charge >= 0.3 is 0 Å². The second-order valence-corrected chi connectivity index (χ2v) is 10.7. The molecule has 1 aromatic heterocycles. The molecule has 2 bridgehead atoms. The van der Waals surface area contributed by atoms with Gasteiger partial charge in [-0.3, -0.25) is 4.90 Å². The third-order valence-electron chi connectivity index (χ3n) is 6.77. The van der Waals surface area contributed by atoms with E-state index in [0.717, 1.165) is 63.2 Å². The Balaban J connectivity index is 1.59. The molecule has 3 aliphatic rings. The minimum Gasteiger partial charge on any atom is -0.318 e. The molecule has 0 aromatic carbocycles. The molecule has 2 heterocycles. The molecule has 0 amide bonds. The van der Waals surface area contributed by atoms with Gasteiger partial charge in [0.05, 0.1) is 17.1 Å². The molecule has 0 spiro atoms. The van der Waals surface area contributed by atoms with Crippen molar-refractivity contribution >= 4 is 9.84 Å². The molecule has 2 saturated carbocycles. The molecule has 1 aliphatic heterocycles. The highest BCUT2D eigenvalue weighted by Gasteiger charge is 2.39. The van der Waals surface area contributed by atoms with Crippen LogP contribution in [0.3, 0.4) is 0 Å². The first-order valence-corrected chi connectivity index (χ1v) is 12.2. The molecule has 4 rings (SSSR count). The summed E-state index contributed by atoms with van der Waals surface area (Å²) in [5.41, 5.74) is 1.10. The predicted molar refractivity (Wildman–Crippen MR) is 103 cm³/mol. The van der Waals surface area contributed by atoms with Crippen LogP contribution in [0, 0.1) is 5.92 Å². The molecule has 2 aliphatic carbocycles. The lowest BCUT2D eigenvalue weighted by atomic mass is 10.0. The third-order valence-corrected chi connectivity index (χ3v) is 8.95. The van der Waals surface area contributed by atoms with Crippen LogP contribution in [0.25, 0.3) is 0 Å². The molecule has 2 atom stereocenters. The standard InChI is InChI=1S/C20H33N3O2S/c1-2-3-11-23-18(15-22-14-16-9-10-17(22)12-16)13-21-20(23)26(24,25)19-7-5-4-6-8-19/h13,16-17,19H,2-12,14-15H2,1H3/t16-,17-/m0/s1. The van der Waals surface area contributed by atoms with Crippen LogP contribution in [0.5, 0.6) is 0 Å². The molecule has 0 unspecified atom stereocenters. The van der Waals surface area contributed by atoms with E-state index in [1.165, 1.54) is 32.2 Å². The highest BCUT2D eigenvalue weighted by atomic mass is 32.2. The summed E-state index contributed by atoms with van der Waals surface area (Å²) in [6, 6.07) is 0.702. The number of rotatable bonds is 7. The Bertz CT molecular complexity index is 721. The molecule has 5 nitrogen and oxygen atoms in total. The quantitative estimate of drug-likeness (QED) is 0.723. The van der Waals surface area contributed by atoms with Gasteiger partial charge < -0.3 is 4.57 Å². The number of nitrogens with zero attached hydrogens (tertiary/aromatic N) is 3. The molecule has 0 N–H and O–H groups in total. The smallest absolute Gasteiger partial charge is 0.228 e. The van der Waals surface area contributed by atoms with Crippen molar-refractivity contribution in [3.63, 3.8) is 0 Å². The SMILES string of the molecule is CCCCn1c(CN2C[C@H]3CC[C@H]2C3)cnc1S(=O)(=O)C1CCCCC1. The van der Waals surface area contributed by atoms with E-state index in [9.17, 15) is 8.42 Å². The number of fused-ring (bicyclic) bond motifs is 2. The molecular formula is C20H33N3O2S. The predicted octanol–water partition coefficient (Wildman–Crippen LogP) is 3.77. The van der Waals surface area contributed by atoms with Crippen molar-refractivity contribution in [1.29, 1.82) is 0 Å². The van der Waals surface area contributed by atoms with E-state index in [0.29, 0.717) is 11.2 Å². The van der Waals surface area contributed by atoms with Crippen LogP contribution in [0.1, 0.15) is 76.8 Å². The molecular weight excluding hydrogens is 346 g/mol. The zero-order valence-corrected chi connectivity index (χ0v) is 16.9. The van der Waals surface area contributed by atoms with Crippen molar-refractivity contribution in [2.75, 3.05) is 6.54 Å². The molecule has 0 radical (unpaired) electrons. The number of likely N-dealkylation sites (tertiary alicyclic amines) is 1. The topological polar surface area (TPSA) is 55.2 Å². The maximum absolute atomic E-state index is 13.3. The number of hydrogen-bond donors (Lipinski definition) is 0. The van der Waals surface area contributed by atoms with E-state index in [-0.39, 0.29) is 5.25 Å². The Morgan fingerprint density at radius 3 is 2.62 bits per heavy atom. The van der Waals surface area contributed by atoms with Crippen molar-refractivity contribution in [2.45, 2.75) is 101 Å². The molecule has 1 aromatic rings. The summed E-state index contributed by atoms with van der Waals surface area (Å²) in [5.74, 6) is 0.859. The van der Waals surface area contributed by atoms with Gasteiger partial charge in [-0.05, 0) is 44.4 Å². The van der Waals surface area contributed by atoms with E-state index in [1.807, 2.05) is 10.8 Å². The number of piperidine rings is 1. The first kappa shape index (κ1) is 18.5. The summed E-state index contributed by atoms with van der Waals surface area (Å²) in [6.07, 6.45) is 12.7. The number of hydrogen-bond acceptors (Lipinski definition) is 4. The van der Waals surface area contributed by atoms with Crippen molar-refractivity contribution < 1.29 is 8.42 Å². The lowest BCUT2D eigenvalue weighted by Gasteiger charge is -2.27. The van der Waals surface area contributed by atoms with Gasteiger partial charge in [-0.25, -0.2) is 13.4 Å². The van der Waals surface area contributed by atoms with Crippen LogP contribution < -0.4 is 0 Å². The van der Waals surface area contributed by atoms with Gasteiger partial charge in [0.2, 0.25) is 15.0 Å². The fraction of sp³-hybridized carbons (Fsp3) is 0.850. The maximum Gasteiger partial charge on any atom is 0.228 e. The summed E-state index contributed by atoms with van der Waals surface area (Å²) in [7, 11) is -3.31. The number of unbranched alkanes of at least 4 members (excludes halogenated alkanes) is 1. The first-order chi connectivity index (χ1) is 12.6. The molecule has 3 fully saturated rings. The average molecular weight is 380 g/mol. The highest BCUT2D eigenvalue weighted by Crippen LogP contribution is 2.38. The van der Waals surface area contributed by atoms with Crippen molar-refractivity contribution in [2.24, 2.45) is 5.92 Å². The van der Waals surface area contributed by atoms with Crippen molar-refractivity contribution in [1.82, 2.24) is 14.5 Å². The minimum atomic E-state index is -3.31. The van der Waals surface area contributed by atoms with Gasteiger partial charge in [-0.2, -0.15) is 0 Å². The fourth-order valence-corrected chi connectivity index (χ4v) is 7.22. The first-order valence-electron chi connectivity index (χ1n) is 10.6. The van der Waals surface area contributed by atoms with Gasteiger partial charge in [0.1, 0.15) is 0 Å². The summed E-state index contributed by atoms with van der Waals surface area (Å²) < 4.78 is 28.5. The van der Waals surface area contributed by atoms with Crippen LogP contribution in [-0.2, 0) is 22.9 Å². The Labute approximate surface area is 158 Å². The van der Waals surface area contributed by atoms with E-state index in [2.05, 4.69) is 16.8 Å². The number of aromatic nitrogens is 2. The van der Waals surface area contributed by atoms with Gasteiger partial charge in [0.25, 0.3) is 0 Å². The van der Waals surface area contributed by atoms with Gasteiger partial charge in [-0.1, -0.05) is 32.6 Å². The maximum atomic E-state index is 13.3. The zero-order chi connectivity index (χ0) is 18.1. The summed E-state index contributed by atoms with van der Waals surface area (Å²) in [5, 5.41) is 0.117. The number of sulfone groups is 1. The monoisotopic (exact) mass is 379 g/mol. The fourth-order valence-electron chi connectivity index (χ4n) is 5.25. The van der Waals surface area contributed by atoms with Crippen LogP contribution in [0.2, 0.25) is 0 Å². The highest BCUT2D eigenvalue weighted by molar-refractivity contribution is 7.91. The summed E-state index contributed by atoms with van der Waals surface area (Å²) in [4.78, 5) is 7.03. The lowest BCUT2D eigenvalue weighted by molar-refractivity contribution is 0.199. The largest absolute Gasteiger partial charge is 0.318 e. The molecule has 1 saturated heterocycles. The Hall–Kier alpha value is -0.880. The van der Waals surface area contributed by atoms with Crippen LogP contribution in [0.4, 0.5) is 0 Å². The minimum absolute atomic E-state index is 0.227. The lowest BCUT2D eigenvalue weighted by Crippen LogP contribution is -2.33. The molecule has 6 heteroatoms. The van der Waals surface area contributed by atoms with Crippen LogP contribution in [-0.4, -0.2) is 40.7 Å². The molecule has 146 valence electrons. The number of imidazole rings is 1. The zero-order valence-electron chi connectivity index (χ0n) is 16.1. The summed E-state index contributed by atoms with van der Waals surface area (Å²) in [6.45, 7) is 4.97. The van der Waals surface area contributed by atoms with Gasteiger partial charge in [0.15, 0.2) is 0 Å². The Morgan fingerprint density at radius 2 is 1.96 bits per heavy atom. The normalized spacial score (nSPS) is 27.4. The van der Waals surface area contributed by atoms with Crippen LogP contribution >= 0.6 is 0 Å². The average Bonchev–Trinajstić information content (AvgIpc) is 3.37. The summed E-state index contributed by atoms with van der Waals surface area (Å²) >= 11 is 0. The van der Waals surface area contributed by atoms with E-state index in [4.69, 9.17) is 0 Å². The van der Waals surface area contributed by atoms with Gasteiger partial charge in [0, 0.05) is 25.7 Å². The van der Waals surface area contributed by atoms with Crippen molar-refractivity contribution in [3.05, 3.63) is 11.9 Å². The van der Waals surface area contributed by atoms with E-state index in [1.54, 1.807) is 0 Å². The van der Waals surface area contributed by atoms with Crippen LogP contribution in [0.15, 0.2) is 11.4 Å². The second-order valence-electron chi connectivity index (χ2n) is 8.60. The van der Waals surface area contributed by atoms with E-state index >= 15 is 0 Å². The van der Waals surface area contributed by atoms with E-state index < -0.39 is 9.84 Å². The third kappa shape index (κ3) is 3.47. The van der Waals surface area contributed by atoms with Crippen molar-refractivity contribution in [3.8, 4) is 0 Å². The Morgan fingerprint density at radius 1 is 1.15 bits per heavy atom. The molecule has 26 heavy (non-hydrogen) atoms. The van der Waals surface area contributed by atoms with Gasteiger partial charge in [-0.15, -0.1) is 0 Å². The second kappa shape index (κ2) is 7.63.